The fourth-order valence-corrected chi connectivity index (χ4v) is 3.53. The van der Waals surface area contributed by atoms with E-state index >= 15 is 4.39 Å². The van der Waals surface area contributed by atoms with E-state index in [9.17, 15) is 40.7 Å². The van der Waals surface area contributed by atoms with Gasteiger partial charge in [0.15, 0.2) is 0 Å². The molecule has 0 fully saturated rings. The van der Waals surface area contributed by atoms with Crippen molar-refractivity contribution in [1.82, 2.24) is 5.32 Å². The molecular weight excluding hydrogens is 489 g/mol. The van der Waals surface area contributed by atoms with Crippen molar-refractivity contribution in [3.63, 3.8) is 0 Å². The van der Waals surface area contributed by atoms with Crippen LogP contribution in [-0.2, 0) is 19.9 Å². The first kappa shape index (κ1) is 27.6. The summed E-state index contributed by atoms with van der Waals surface area (Å²) in [6, 6.07) is 10.9. The number of hydrogen-bond acceptors (Lipinski definition) is 4. The van der Waals surface area contributed by atoms with E-state index in [0.717, 1.165) is 19.1 Å². The second kappa shape index (κ2) is 9.92. The van der Waals surface area contributed by atoms with Crippen LogP contribution in [0.15, 0.2) is 54.6 Å². The molecule has 0 spiro atoms. The number of benzene rings is 2. The largest absolute Gasteiger partial charge is 0.462 e. The lowest BCUT2D eigenvalue weighted by atomic mass is 9.72. The van der Waals surface area contributed by atoms with Crippen molar-refractivity contribution in [2.24, 2.45) is 0 Å². The summed E-state index contributed by atoms with van der Waals surface area (Å²) in [7, 11) is 0.658. The van der Waals surface area contributed by atoms with Gasteiger partial charge >= 0.3 is 29.9 Å². The average molecular weight is 508 g/mol. The maximum Gasteiger partial charge on any atom is 0.434 e. The minimum atomic E-state index is -6.59. The SMILES string of the molecule is CCC(NC(=O)C(=O)OC)(c1cccc(NC(=O)c2ccccc2)c1)C(F)(C(F)(F)F)C(F)(F)F. The number of hydrogen-bond donors (Lipinski definition) is 2. The maximum atomic E-state index is 15.5. The highest BCUT2D eigenvalue weighted by atomic mass is 19.4. The van der Waals surface area contributed by atoms with Crippen LogP contribution in [0.25, 0.3) is 0 Å². The molecule has 2 aromatic carbocycles. The van der Waals surface area contributed by atoms with Crippen LogP contribution in [0.3, 0.4) is 0 Å². The van der Waals surface area contributed by atoms with Gasteiger partial charge in [0, 0.05) is 11.3 Å². The average Bonchev–Trinajstić information content (AvgIpc) is 2.80. The zero-order valence-corrected chi connectivity index (χ0v) is 18.2. The van der Waals surface area contributed by atoms with Crippen molar-refractivity contribution in [3.8, 4) is 0 Å². The van der Waals surface area contributed by atoms with Crippen molar-refractivity contribution in [2.75, 3.05) is 12.4 Å². The number of esters is 1. The van der Waals surface area contributed by atoms with Crippen LogP contribution in [0.5, 0.6) is 0 Å². The van der Waals surface area contributed by atoms with Crippen molar-refractivity contribution in [1.29, 1.82) is 0 Å². The van der Waals surface area contributed by atoms with Gasteiger partial charge in [-0.2, -0.15) is 26.3 Å². The monoisotopic (exact) mass is 508 g/mol. The van der Waals surface area contributed by atoms with Crippen molar-refractivity contribution in [3.05, 3.63) is 65.7 Å². The first-order valence-corrected chi connectivity index (χ1v) is 9.84. The molecule has 35 heavy (non-hydrogen) atoms. The van der Waals surface area contributed by atoms with Gasteiger partial charge in [-0.3, -0.25) is 9.59 Å². The molecule has 2 rings (SSSR count). The van der Waals surface area contributed by atoms with Gasteiger partial charge < -0.3 is 15.4 Å². The highest BCUT2D eigenvalue weighted by Crippen LogP contribution is 2.57. The minimum absolute atomic E-state index is 0.115. The van der Waals surface area contributed by atoms with Gasteiger partial charge in [0.25, 0.3) is 5.91 Å². The van der Waals surface area contributed by atoms with Crippen molar-refractivity contribution >= 4 is 23.5 Å². The zero-order valence-electron chi connectivity index (χ0n) is 18.2. The molecule has 6 nitrogen and oxygen atoms in total. The summed E-state index contributed by atoms with van der Waals surface area (Å²) in [4.78, 5) is 36.1. The molecule has 1 atom stereocenters. The summed E-state index contributed by atoms with van der Waals surface area (Å²) < 4.78 is 102. The molecule has 0 aromatic heterocycles. The Morgan fingerprint density at radius 1 is 0.857 bits per heavy atom. The Balaban J connectivity index is 2.73. The van der Waals surface area contributed by atoms with Gasteiger partial charge in [0.1, 0.15) is 5.54 Å². The van der Waals surface area contributed by atoms with Crippen LogP contribution in [0, 0.1) is 0 Å². The normalized spacial score (nSPS) is 14.0. The molecule has 0 bridgehead atoms. The lowest BCUT2D eigenvalue weighted by Crippen LogP contribution is -2.72. The van der Waals surface area contributed by atoms with E-state index in [1.165, 1.54) is 29.6 Å². The summed E-state index contributed by atoms with van der Waals surface area (Å²) in [5, 5.41) is 3.55. The first-order valence-electron chi connectivity index (χ1n) is 9.84. The first-order chi connectivity index (χ1) is 16.1. The fraction of sp³-hybridized carbons (Fsp3) is 0.318. The molecule has 2 aromatic rings. The summed E-state index contributed by atoms with van der Waals surface area (Å²) in [6.45, 7) is 0.762. The van der Waals surface area contributed by atoms with Crippen molar-refractivity contribution in [2.45, 2.75) is 36.9 Å². The lowest BCUT2D eigenvalue weighted by Gasteiger charge is -2.46. The molecule has 1 unspecified atom stereocenters. The highest BCUT2D eigenvalue weighted by Gasteiger charge is 2.82. The molecule has 190 valence electrons. The summed E-state index contributed by atoms with van der Waals surface area (Å²) in [6.07, 6.45) is -14.5. The number of alkyl halides is 7. The van der Waals surface area contributed by atoms with Crippen LogP contribution in [0.4, 0.5) is 36.4 Å². The number of anilines is 1. The molecule has 2 N–H and O–H groups in total. The molecule has 2 amide bonds. The molecule has 0 saturated heterocycles. The highest BCUT2D eigenvalue weighted by molar-refractivity contribution is 6.32. The third kappa shape index (κ3) is 5.08. The standard InChI is InChI=1S/C22H19F7N2O4/c1-3-19(31-17(33)18(34)35-2,20(23,21(24,25)26)22(27,28)29)14-10-7-11-15(12-14)30-16(32)13-8-5-4-6-9-13/h4-12H,3H2,1-2H3,(H,30,32)(H,31,33). The Morgan fingerprint density at radius 3 is 1.91 bits per heavy atom. The third-order valence-corrected chi connectivity index (χ3v) is 5.25. The van der Waals surface area contributed by atoms with E-state index in [2.05, 4.69) is 10.1 Å². The summed E-state index contributed by atoms with van der Waals surface area (Å²) in [5.74, 6) is -4.65. The Labute approximate surface area is 194 Å². The van der Waals surface area contributed by atoms with Crippen LogP contribution < -0.4 is 10.6 Å². The number of nitrogens with one attached hydrogen (secondary N) is 2. The predicted octanol–water partition coefficient (Wildman–Crippen LogP) is 4.67. The van der Waals surface area contributed by atoms with Gasteiger partial charge in [0.2, 0.25) is 0 Å². The second-order valence-corrected chi connectivity index (χ2v) is 7.26. The fourth-order valence-electron chi connectivity index (χ4n) is 3.53. The van der Waals surface area contributed by atoms with Crippen molar-refractivity contribution < 1.29 is 49.9 Å². The molecule has 0 radical (unpaired) electrons. The molecule has 0 aliphatic rings. The lowest BCUT2D eigenvalue weighted by molar-refractivity contribution is -0.366. The van der Waals surface area contributed by atoms with E-state index in [0.29, 0.717) is 19.2 Å². The van der Waals surface area contributed by atoms with E-state index in [1.807, 2.05) is 0 Å². The Hall–Kier alpha value is -3.64. The maximum absolute atomic E-state index is 15.5. The number of methoxy groups -OCH3 is 1. The number of carbonyl (C=O) groups excluding carboxylic acids is 3. The third-order valence-electron chi connectivity index (χ3n) is 5.25. The predicted molar refractivity (Wildman–Crippen MR) is 109 cm³/mol. The summed E-state index contributed by atoms with van der Waals surface area (Å²) in [5.41, 5.74) is -11.1. The molecule has 0 heterocycles. The van der Waals surface area contributed by atoms with E-state index in [-0.39, 0.29) is 11.3 Å². The number of amides is 2. The Bertz CT molecular complexity index is 1070. The molecular formula is C22H19F7N2O4. The molecule has 0 saturated carbocycles. The summed E-state index contributed by atoms with van der Waals surface area (Å²) >= 11 is 0. The van der Waals surface area contributed by atoms with Gasteiger partial charge in [-0.15, -0.1) is 0 Å². The Kier molecular flexibility index (Phi) is 7.82. The quantitative estimate of drug-likeness (QED) is 0.338. The molecule has 0 aliphatic heterocycles. The van der Waals surface area contributed by atoms with Gasteiger partial charge in [-0.1, -0.05) is 37.3 Å². The molecule has 0 aliphatic carbocycles. The van der Waals surface area contributed by atoms with Gasteiger partial charge in [-0.25, -0.2) is 9.18 Å². The second-order valence-electron chi connectivity index (χ2n) is 7.26. The molecule has 13 heteroatoms. The number of rotatable bonds is 6. The van der Waals surface area contributed by atoms with Crippen LogP contribution >= 0.6 is 0 Å². The van der Waals surface area contributed by atoms with E-state index in [1.54, 1.807) is 6.07 Å². The van der Waals surface area contributed by atoms with Gasteiger partial charge in [-0.05, 0) is 36.2 Å². The van der Waals surface area contributed by atoms with E-state index in [4.69, 9.17) is 0 Å². The number of carbonyl (C=O) groups is 3. The Morgan fingerprint density at radius 2 is 1.43 bits per heavy atom. The van der Waals surface area contributed by atoms with Crippen LogP contribution in [-0.4, -0.2) is 42.9 Å². The number of halogens is 7. The van der Waals surface area contributed by atoms with Crippen LogP contribution in [0.1, 0.15) is 29.3 Å². The topological polar surface area (TPSA) is 84.5 Å². The van der Waals surface area contributed by atoms with Gasteiger partial charge in [0.05, 0.1) is 7.11 Å². The van der Waals surface area contributed by atoms with Crippen LogP contribution in [0.2, 0.25) is 0 Å². The zero-order chi connectivity index (χ0) is 26.7. The minimum Gasteiger partial charge on any atom is -0.462 e. The smallest absolute Gasteiger partial charge is 0.434 e. The van der Waals surface area contributed by atoms with E-state index < -0.39 is 53.3 Å². The number of ether oxygens (including phenoxy) is 1.